The molecule has 1 aliphatic carbocycles. The van der Waals surface area contributed by atoms with Crippen LogP contribution in [0, 0.1) is 10.8 Å². The van der Waals surface area contributed by atoms with Gasteiger partial charge >= 0.3 is 0 Å². The highest BCUT2D eigenvalue weighted by molar-refractivity contribution is 7.89. The Morgan fingerprint density at radius 3 is 2.76 bits per heavy atom. The fourth-order valence-corrected chi connectivity index (χ4v) is 6.66. The van der Waals surface area contributed by atoms with Crippen molar-refractivity contribution in [2.24, 2.45) is 28.1 Å². The van der Waals surface area contributed by atoms with Crippen LogP contribution < -0.4 is 5.32 Å². The van der Waals surface area contributed by atoms with E-state index in [2.05, 4.69) is 34.5 Å². The van der Waals surface area contributed by atoms with E-state index in [1.165, 1.54) is 21.4 Å². The SMILES string of the molecule is Cn1cc(S(=O)(=O)N2CC[C@]3(C2)C2=C(N=NC2)NC2=C3C(=O)CC(C)(C)C2)cn1. The third-order valence-corrected chi connectivity index (χ3v) is 8.24. The van der Waals surface area contributed by atoms with Gasteiger partial charge in [-0.05, 0) is 18.3 Å². The lowest BCUT2D eigenvalue weighted by Crippen LogP contribution is -2.45. The number of Topliss-reactive ketones (excluding diaryl/α,β-unsaturated/α-hetero) is 1. The fourth-order valence-electron chi connectivity index (χ4n) is 5.18. The van der Waals surface area contributed by atoms with Gasteiger partial charge in [-0.3, -0.25) is 9.48 Å². The quantitative estimate of drug-likeness (QED) is 0.790. The Bertz CT molecular complexity index is 1130. The molecule has 0 aromatic carbocycles. The summed E-state index contributed by atoms with van der Waals surface area (Å²) in [6.45, 7) is 5.15. The van der Waals surface area contributed by atoms with Crippen LogP contribution in [0.5, 0.6) is 0 Å². The molecule has 5 rings (SSSR count). The van der Waals surface area contributed by atoms with Crippen LogP contribution in [-0.2, 0) is 21.9 Å². The van der Waals surface area contributed by atoms with E-state index in [4.69, 9.17) is 0 Å². The van der Waals surface area contributed by atoms with Gasteiger partial charge < -0.3 is 5.32 Å². The van der Waals surface area contributed by atoms with E-state index in [-0.39, 0.29) is 22.6 Å². The number of aromatic nitrogens is 2. The number of azo groups is 1. The van der Waals surface area contributed by atoms with Crippen LogP contribution in [-0.4, -0.2) is 47.9 Å². The number of hydrogen-bond acceptors (Lipinski definition) is 7. The van der Waals surface area contributed by atoms with Gasteiger partial charge in [-0.15, -0.1) is 5.11 Å². The van der Waals surface area contributed by atoms with Crippen LogP contribution in [0.3, 0.4) is 0 Å². The second-order valence-electron chi connectivity index (χ2n) is 9.17. The third kappa shape index (κ3) is 2.65. The molecule has 154 valence electrons. The summed E-state index contributed by atoms with van der Waals surface area (Å²) >= 11 is 0. The van der Waals surface area contributed by atoms with Crippen LogP contribution in [0.4, 0.5) is 0 Å². The van der Waals surface area contributed by atoms with Crippen molar-refractivity contribution in [1.29, 1.82) is 0 Å². The molecule has 0 saturated carbocycles. The average Bonchev–Trinajstić information content (AvgIpc) is 3.33. The summed E-state index contributed by atoms with van der Waals surface area (Å²) in [6.07, 6.45) is 4.63. The normalized spacial score (nSPS) is 28.9. The van der Waals surface area contributed by atoms with Gasteiger partial charge in [0.25, 0.3) is 0 Å². The summed E-state index contributed by atoms with van der Waals surface area (Å²) in [4.78, 5) is 13.4. The molecule has 0 unspecified atom stereocenters. The molecule has 29 heavy (non-hydrogen) atoms. The summed E-state index contributed by atoms with van der Waals surface area (Å²) in [5.41, 5.74) is 1.77. The largest absolute Gasteiger partial charge is 0.342 e. The van der Waals surface area contributed by atoms with Crippen molar-refractivity contribution < 1.29 is 13.2 Å². The Kier molecular flexibility index (Phi) is 3.77. The van der Waals surface area contributed by atoms with Gasteiger partial charge in [-0.1, -0.05) is 13.8 Å². The van der Waals surface area contributed by atoms with Crippen molar-refractivity contribution in [3.63, 3.8) is 0 Å². The molecule has 4 heterocycles. The van der Waals surface area contributed by atoms with Crippen LogP contribution in [0.2, 0.25) is 0 Å². The van der Waals surface area contributed by atoms with E-state index in [0.29, 0.717) is 31.8 Å². The van der Waals surface area contributed by atoms with Crippen LogP contribution in [0.1, 0.15) is 33.1 Å². The number of carbonyl (C=O) groups is 1. The first-order chi connectivity index (χ1) is 13.6. The molecule has 4 aliphatic rings. The zero-order valence-electron chi connectivity index (χ0n) is 16.8. The summed E-state index contributed by atoms with van der Waals surface area (Å²) in [7, 11) is -2.00. The Balaban J connectivity index is 1.59. The lowest BCUT2D eigenvalue weighted by atomic mass is 9.63. The molecular formula is C19H24N6O3S. The Hall–Kier alpha value is -2.33. The molecule has 1 saturated heterocycles. The number of allylic oxidation sites excluding steroid dienone is 1. The minimum Gasteiger partial charge on any atom is -0.342 e. The average molecular weight is 417 g/mol. The van der Waals surface area contributed by atoms with Crippen molar-refractivity contribution >= 4 is 15.8 Å². The maximum Gasteiger partial charge on any atom is 0.246 e. The first kappa shape index (κ1) is 18.7. The van der Waals surface area contributed by atoms with Gasteiger partial charge in [0.1, 0.15) is 4.90 Å². The van der Waals surface area contributed by atoms with Crippen molar-refractivity contribution in [3.05, 3.63) is 35.1 Å². The van der Waals surface area contributed by atoms with Gasteiger partial charge in [0.15, 0.2) is 11.6 Å². The summed E-state index contributed by atoms with van der Waals surface area (Å²) in [6, 6.07) is 0. The maximum atomic E-state index is 13.3. The van der Waals surface area contributed by atoms with Crippen molar-refractivity contribution in [1.82, 2.24) is 19.4 Å². The molecular weight excluding hydrogens is 392 g/mol. The van der Waals surface area contributed by atoms with Gasteiger partial charge in [-0.2, -0.15) is 14.5 Å². The van der Waals surface area contributed by atoms with E-state index in [1.54, 1.807) is 7.05 Å². The van der Waals surface area contributed by atoms with E-state index < -0.39 is 15.4 Å². The second-order valence-corrected chi connectivity index (χ2v) is 11.1. The highest BCUT2D eigenvalue weighted by Gasteiger charge is 2.55. The molecule has 1 N–H and O–H groups in total. The third-order valence-electron chi connectivity index (χ3n) is 6.44. The number of aryl methyl sites for hydroxylation is 1. The molecule has 9 nitrogen and oxygen atoms in total. The van der Waals surface area contributed by atoms with Gasteiger partial charge in [0, 0.05) is 55.0 Å². The van der Waals surface area contributed by atoms with Gasteiger partial charge in [0.2, 0.25) is 10.0 Å². The number of fused-ring (bicyclic) bond motifs is 2. The predicted octanol–water partition coefficient (Wildman–Crippen LogP) is 1.72. The number of nitrogens with one attached hydrogen (secondary N) is 1. The molecule has 1 atom stereocenters. The zero-order chi connectivity index (χ0) is 20.6. The summed E-state index contributed by atoms with van der Waals surface area (Å²) in [5, 5.41) is 15.8. The van der Waals surface area contributed by atoms with Crippen LogP contribution >= 0.6 is 0 Å². The topological polar surface area (TPSA) is 109 Å². The van der Waals surface area contributed by atoms with Gasteiger partial charge in [-0.25, -0.2) is 8.42 Å². The van der Waals surface area contributed by atoms with Crippen molar-refractivity contribution in [2.75, 3.05) is 19.6 Å². The molecule has 1 spiro atoms. The maximum absolute atomic E-state index is 13.3. The molecule has 3 aliphatic heterocycles. The highest BCUT2D eigenvalue weighted by atomic mass is 32.2. The minimum absolute atomic E-state index is 0.0998. The Labute approximate surface area is 169 Å². The second kappa shape index (κ2) is 5.85. The number of dihydropyridines is 1. The van der Waals surface area contributed by atoms with E-state index in [0.717, 1.165) is 23.3 Å². The molecule has 0 amide bonds. The Morgan fingerprint density at radius 1 is 1.24 bits per heavy atom. The molecule has 10 heteroatoms. The smallest absolute Gasteiger partial charge is 0.246 e. The highest BCUT2D eigenvalue weighted by Crippen LogP contribution is 2.54. The van der Waals surface area contributed by atoms with E-state index >= 15 is 0 Å². The van der Waals surface area contributed by atoms with E-state index in [1.807, 2.05) is 0 Å². The number of ketones is 1. The predicted molar refractivity (Wildman–Crippen MR) is 104 cm³/mol. The number of sulfonamides is 1. The number of hydrogen-bond donors (Lipinski definition) is 1. The fraction of sp³-hybridized carbons (Fsp3) is 0.579. The molecule has 0 bridgehead atoms. The monoisotopic (exact) mass is 416 g/mol. The molecule has 1 aromatic rings. The summed E-state index contributed by atoms with van der Waals surface area (Å²) < 4.78 is 29.4. The Morgan fingerprint density at radius 2 is 2.03 bits per heavy atom. The van der Waals surface area contributed by atoms with Crippen LogP contribution in [0.25, 0.3) is 0 Å². The van der Waals surface area contributed by atoms with Gasteiger partial charge in [0.05, 0.1) is 12.7 Å². The van der Waals surface area contributed by atoms with Crippen molar-refractivity contribution in [3.8, 4) is 0 Å². The summed E-state index contributed by atoms with van der Waals surface area (Å²) in [5.74, 6) is 0.790. The first-order valence-electron chi connectivity index (χ1n) is 9.76. The first-order valence-corrected chi connectivity index (χ1v) is 11.2. The van der Waals surface area contributed by atoms with Crippen LogP contribution in [0.15, 0.2) is 50.2 Å². The molecule has 1 fully saturated rings. The van der Waals surface area contributed by atoms with Crippen molar-refractivity contribution in [2.45, 2.75) is 38.0 Å². The standard InChI is InChI=1S/C19H24N6O3S/c1-18(2)6-14-16(15(26)7-18)19(13-9-20-23-17(13)22-14)4-5-25(11-19)29(27,28)12-8-21-24(3)10-12/h8,10,22H,4-7,9,11H2,1-3H3/t19-/m0/s1. The number of carbonyl (C=O) groups excluding carboxylic acids is 1. The minimum atomic E-state index is -3.69. The molecule has 0 radical (unpaired) electrons. The number of rotatable bonds is 2. The van der Waals surface area contributed by atoms with E-state index in [9.17, 15) is 13.2 Å². The lowest BCUT2D eigenvalue weighted by Gasteiger charge is -2.43. The lowest BCUT2D eigenvalue weighted by molar-refractivity contribution is -0.119. The number of nitrogens with zero attached hydrogens (tertiary/aromatic N) is 5. The zero-order valence-corrected chi connectivity index (χ0v) is 17.6. The molecule has 1 aromatic heterocycles.